The van der Waals surface area contributed by atoms with E-state index in [1.54, 1.807) is 68.8 Å². The lowest BCUT2D eigenvalue weighted by molar-refractivity contribution is -0.139. The van der Waals surface area contributed by atoms with Gasteiger partial charge in [-0.2, -0.15) is 5.10 Å². The average Bonchev–Trinajstić information content (AvgIpc) is 3.01. The van der Waals surface area contributed by atoms with Crippen LogP contribution in [0.25, 0.3) is 0 Å². The number of carbonyl (C=O) groups is 3. The minimum atomic E-state index is -0.910. The van der Waals surface area contributed by atoms with Crippen LogP contribution in [-0.2, 0) is 20.8 Å². The molecule has 3 amide bonds. The number of methoxy groups -OCH3 is 2. The Morgan fingerprint density at radius 3 is 2.19 bits per heavy atom. The van der Waals surface area contributed by atoms with Crippen molar-refractivity contribution in [3.63, 3.8) is 0 Å². The summed E-state index contributed by atoms with van der Waals surface area (Å²) >= 11 is 0. The van der Waals surface area contributed by atoms with Gasteiger partial charge in [0.2, 0.25) is 0 Å². The van der Waals surface area contributed by atoms with Gasteiger partial charge >= 0.3 is 11.8 Å². The Morgan fingerprint density at radius 1 is 0.767 bits per heavy atom. The molecule has 0 bridgehead atoms. The Morgan fingerprint density at radius 2 is 1.49 bits per heavy atom. The first-order chi connectivity index (χ1) is 20.9. The topological polar surface area (TPSA) is 146 Å². The van der Waals surface area contributed by atoms with Gasteiger partial charge in [-0.05, 0) is 86.0 Å². The Balaban J connectivity index is 1.47. The minimum Gasteiger partial charge on any atom is -0.494 e. The van der Waals surface area contributed by atoms with Gasteiger partial charge in [-0.15, -0.1) is 0 Å². The fourth-order valence-electron chi connectivity index (χ4n) is 3.79. The van der Waals surface area contributed by atoms with Crippen LogP contribution in [0.3, 0.4) is 0 Å². The summed E-state index contributed by atoms with van der Waals surface area (Å²) in [4.78, 5) is 36.7. The zero-order valence-electron chi connectivity index (χ0n) is 24.6. The van der Waals surface area contributed by atoms with Crippen molar-refractivity contribution in [1.82, 2.24) is 10.7 Å². The van der Waals surface area contributed by atoms with Gasteiger partial charge in [-0.1, -0.05) is 6.07 Å². The summed E-state index contributed by atoms with van der Waals surface area (Å²) in [6.45, 7) is 4.62. The number of hydrazone groups is 1. The van der Waals surface area contributed by atoms with E-state index in [1.807, 2.05) is 19.9 Å². The third-order valence-electron chi connectivity index (χ3n) is 5.81. The van der Waals surface area contributed by atoms with E-state index in [0.717, 1.165) is 5.56 Å². The third kappa shape index (κ3) is 10.3. The molecule has 228 valence electrons. The molecule has 12 nitrogen and oxygen atoms in total. The van der Waals surface area contributed by atoms with E-state index < -0.39 is 11.8 Å². The Kier molecular flexibility index (Phi) is 12.7. The Hall–Kier alpha value is -5.26. The molecular formula is C31H36N4O8. The van der Waals surface area contributed by atoms with Crippen molar-refractivity contribution < 1.29 is 38.1 Å². The number of nitrogens with zero attached hydrogens (tertiary/aromatic N) is 1. The molecule has 0 unspecified atom stereocenters. The van der Waals surface area contributed by atoms with Crippen LogP contribution in [0.5, 0.6) is 28.7 Å². The summed E-state index contributed by atoms with van der Waals surface area (Å²) in [5, 5.41) is 9.17. The van der Waals surface area contributed by atoms with Crippen molar-refractivity contribution in [3.05, 3.63) is 71.8 Å². The standard InChI is InChI=1S/C31H36N4O8/c1-5-41-24-11-9-23(10-12-24)34-29(36)20-43-26-14-8-22(18-28(26)42-6-2)19-33-35-31(38)30(37)32-16-15-21-7-13-25(39-3)27(17-21)40-4/h7-14,17-19H,5-6,15-16,20H2,1-4H3,(H,32,37)(H,34,36)(H,35,38)/b33-19-. The zero-order valence-corrected chi connectivity index (χ0v) is 24.6. The van der Waals surface area contributed by atoms with Gasteiger partial charge in [0.05, 0.1) is 33.6 Å². The maximum Gasteiger partial charge on any atom is 0.329 e. The van der Waals surface area contributed by atoms with Crippen LogP contribution in [0.15, 0.2) is 65.8 Å². The molecule has 3 N–H and O–H groups in total. The molecular weight excluding hydrogens is 556 g/mol. The van der Waals surface area contributed by atoms with E-state index in [0.29, 0.717) is 59.6 Å². The molecule has 0 radical (unpaired) electrons. The van der Waals surface area contributed by atoms with Crippen molar-refractivity contribution >= 4 is 29.6 Å². The SMILES string of the molecule is CCOc1ccc(NC(=O)COc2ccc(/C=N\NC(=O)C(=O)NCCc3ccc(OC)c(OC)c3)cc2OCC)cc1. The molecule has 0 saturated heterocycles. The highest BCUT2D eigenvalue weighted by Gasteiger charge is 2.13. The van der Waals surface area contributed by atoms with Crippen molar-refractivity contribution in [2.24, 2.45) is 5.10 Å². The van der Waals surface area contributed by atoms with Crippen LogP contribution in [0.4, 0.5) is 5.69 Å². The van der Waals surface area contributed by atoms with Gasteiger partial charge in [-0.25, -0.2) is 5.43 Å². The lowest BCUT2D eigenvalue weighted by Gasteiger charge is -2.13. The molecule has 12 heteroatoms. The number of benzene rings is 3. The lowest BCUT2D eigenvalue weighted by Crippen LogP contribution is -2.38. The van der Waals surface area contributed by atoms with Crippen molar-refractivity contribution in [1.29, 1.82) is 0 Å². The number of rotatable bonds is 15. The normalized spacial score (nSPS) is 10.5. The smallest absolute Gasteiger partial charge is 0.329 e. The molecule has 0 spiro atoms. The largest absolute Gasteiger partial charge is 0.494 e. The first-order valence-electron chi connectivity index (χ1n) is 13.6. The van der Waals surface area contributed by atoms with E-state index in [-0.39, 0.29) is 19.1 Å². The molecule has 0 aliphatic heterocycles. The monoisotopic (exact) mass is 592 g/mol. The maximum absolute atomic E-state index is 12.4. The summed E-state index contributed by atoms with van der Waals surface area (Å²) < 4.78 is 27.2. The van der Waals surface area contributed by atoms with E-state index in [4.69, 9.17) is 23.7 Å². The molecule has 0 heterocycles. The van der Waals surface area contributed by atoms with Gasteiger partial charge in [-0.3, -0.25) is 14.4 Å². The average molecular weight is 593 g/mol. The molecule has 3 rings (SSSR count). The van der Waals surface area contributed by atoms with Crippen molar-refractivity contribution in [3.8, 4) is 28.7 Å². The van der Waals surface area contributed by atoms with Crippen molar-refractivity contribution in [2.45, 2.75) is 20.3 Å². The molecule has 0 aromatic heterocycles. The van der Waals surface area contributed by atoms with Crippen LogP contribution in [0, 0.1) is 0 Å². The lowest BCUT2D eigenvalue weighted by atomic mass is 10.1. The number of hydrogen-bond acceptors (Lipinski definition) is 9. The summed E-state index contributed by atoms with van der Waals surface area (Å²) in [5.41, 5.74) is 4.29. The molecule has 0 saturated carbocycles. The van der Waals surface area contributed by atoms with Crippen LogP contribution in [-0.4, -0.2) is 64.5 Å². The predicted octanol–water partition coefficient (Wildman–Crippen LogP) is 3.33. The summed E-state index contributed by atoms with van der Waals surface area (Å²) in [5.74, 6) is 0.571. The summed E-state index contributed by atoms with van der Waals surface area (Å²) in [6, 6.07) is 17.4. The van der Waals surface area contributed by atoms with Crippen LogP contribution < -0.4 is 39.7 Å². The highest BCUT2D eigenvalue weighted by atomic mass is 16.5. The second kappa shape index (κ2) is 16.9. The molecule has 0 aliphatic carbocycles. The molecule has 3 aromatic rings. The Labute approximate surface area is 250 Å². The van der Waals surface area contributed by atoms with Gasteiger partial charge in [0.25, 0.3) is 5.91 Å². The quantitative estimate of drug-likeness (QED) is 0.138. The first kappa shape index (κ1) is 32.3. The molecule has 0 atom stereocenters. The highest BCUT2D eigenvalue weighted by Crippen LogP contribution is 2.29. The van der Waals surface area contributed by atoms with E-state index in [2.05, 4.69) is 21.2 Å². The number of amides is 3. The van der Waals surface area contributed by atoms with E-state index >= 15 is 0 Å². The fourth-order valence-corrected chi connectivity index (χ4v) is 3.79. The van der Waals surface area contributed by atoms with Crippen molar-refractivity contribution in [2.75, 3.05) is 45.9 Å². The molecule has 3 aromatic carbocycles. The van der Waals surface area contributed by atoms with Gasteiger partial charge in [0, 0.05) is 12.2 Å². The number of anilines is 1. The first-order valence-corrected chi connectivity index (χ1v) is 13.6. The number of ether oxygens (including phenoxy) is 5. The van der Waals surface area contributed by atoms with Gasteiger partial charge < -0.3 is 34.3 Å². The van der Waals surface area contributed by atoms with Gasteiger partial charge in [0.15, 0.2) is 29.6 Å². The van der Waals surface area contributed by atoms with E-state index in [9.17, 15) is 14.4 Å². The van der Waals surface area contributed by atoms with E-state index in [1.165, 1.54) is 6.21 Å². The number of carbonyl (C=O) groups excluding carboxylic acids is 3. The highest BCUT2D eigenvalue weighted by molar-refractivity contribution is 6.35. The second-order valence-corrected chi connectivity index (χ2v) is 8.83. The minimum absolute atomic E-state index is 0.238. The zero-order chi connectivity index (χ0) is 31.0. The summed E-state index contributed by atoms with van der Waals surface area (Å²) in [6.07, 6.45) is 1.85. The van der Waals surface area contributed by atoms with Crippen LogP contribution in [0.2, 0.25) is 0 Å². The van der Waals surface area contributed by atoms with Gasteiger partial charge in [0.1, 0.15) is 5.75 Å². The third-order valence-corrected chi connectivity index (χ3v) is 5.81. The van der Waals surface area contributed by atoms with Crippen LogP contribution >= 0.6 is 0 Å². The molecule has 0 aliphatic rings. The predicted molar refractivity (Wildman–Crippen MR) is 161 cm³/mol. The number of hydrogen-bond donors (Lipinski definition) is 3. The number of nitrogens with one attached hydrogen (secondary N) is 3. The maximum atomic E-state index is 12.4. The molecule has 43 heavy (non-hydrogen) atoms. The Bertz CT molecular complexity index is 1410. The molecule has 0 fully saturated rings. The van der Waals surface area contributed by atoms with Crippen LogP contribution in [0.1, 0.15) is 25.0 Å². The summed E-state index contributed by atoms with van der Waals surface area (Å²) in [7, 11) is 3.09. The second-order valence-electron chi connectivity index (χ2n) is 8.83. The fraction of sp³-hybridized carbons (Fsp3) is 0.290.